The van der Waals surface area contributed by atoms with Crippen molar-refractivity contribution in [1.29, 1.82) is 0 Å². The maximum absolute atomic E-state index is 12.4. The topological polar surface area (TPSA) is 49.3 Å². The van der Waals surface area contributed by atoms with E-state index in [1.54, 1.807) is 5.38 Å². The summed E-state index contributed by atoms with van der Waals surface area (Å²) in [5.41, 5.74) is 0. The van der Waals surface area contributed by atoms with Crippen molar-refractivity contribution in [1.82, 2.24) is 5.32 Å². The molecule has 20 heavy (non-hydrogen) atoms. The van der Waals surface area contributed by atoms with Gasteiger partial charge in [-0.25, -0.2) is 0 Å². The molecule has 1 heterocycles. The molecule has 0 radical (unpaired) electrons. The molecule has 1 aromatic rings. The van der Waals surface area contributed by atoms with Crippen molar-refractivity contribution in [3.63, 3.8) is 0 Å². The van der Waals surface area contributed by atoms with Crippen molar-refractivity contribution in [2.24, 2.45) is 5.92 Å². The van der Waals surface area contributed by atoms with Crippen LogP contribution >= 0.6 is 23.1 Å². The van der Waals surface area contributed by atoms with Crippen LogP contribution in [0.15, 0.2) is 16.3 Å². The van der Waals surface area contributed by atoms with Gasteiger partial charge in [-0.15, -0.1) is 11.3 Å². The minimum atomic E-state index is -2.54. The predicted octanol–water partition coefficient (Wildman–Crippen LogP) is 3.34. The number of thioether (sulfide) groups is 1. The summed E-state index contributed by atoms with van der Waals surface area (Å²) in [7, 11) is 0. The molecule has 0 aliphatic heterocycles. The fourth-order valence-corrected chi connectivity index (χ4v) is 4.05. The molecule has 3 nitrogen and oxygen atoms in total. The van der Waals surface area contributed by atoms with Gasteiger partial charge in [-0.1, -0.05) is 24.6 Å². The standard InChI is InChI=1S/C13H17F2NO2S2/c14-13(15)20-10-5-6-19-11(10)12(18)16-7-9(17)8-3-1-2-4-8/h5-6,8-9,13,17H,1-4,7H2,(H,16,18). The molecule has 112 valence electrons. The number of hydrogen-bond donors (Lipinski definition) is 2. The van der Waals surface area contributed by atoms with E-state index in [4.69, 9.17) is 0 Å². The molecule has 1 atom stereocenters. The number of rotatable bonds is 6. The number of carbonyl (C=O) groups is 1. The van der Waals surface area contributed by atoms with Crippen LogP contribution in [-0.4, -0.2) is 29.4 Å². The Morgan fingerprint density at radius 1 is 1.50 bits per heavy atom. The molecule has 1 saturated carbocycles. The first-order valence-corrected chi connectivity index (χ1v) is 8.32. The summed E-state index contributed by atoms with van der Waals surface area (Å²) in [6.07, 6.45) is 3.67. The molecule has 1 aliphatic carbocycles. The number of hydrogen-bond acceptors (Lipinski definition) is 4. The zero-order valence-corrected chi connectivity index (χ0v) is 12.5. The molecule has 7 heteroatoms. The third-order valence-electron chi connectivity index (χ3n) is 3.47. The van der Waals surface area contributed by atoms with Gasteiger partial charge in [0.2, 0.25) is 0 Å². The lowest BCUT2D eigenvalue weighted by atomic mass is 10.0. The number of halogens is 2. The number of aliphatic hydroxyl groups excluding tert-OH is 1. The van der Waals surface area contributed by atoms with E-state index in [1.807, 2.05) is 0 Å². The van der Waals surface area contributed by atoms with Gasteiger partial charge in [0, 0.05) is 11.4 Å². The van der Waals surface area contributed by atoms with Crippen LogP contribution in [0.2, 0.25) is 0 Å². The van der Waals surface area contributed by atoms with Crippen LogP contribution in [0, 0.1) is 5.92 Å². The SMILES string of the molecule is O=C(NCC(O)C1CCCC1)c1sccc1SC(F)F. The lowest BCUT2D eigenvalue weighted by Gasteiger charge is -2.18. The molecular weight excluding hydrogens is 304 g/mol. The molecule has 1 aliphatic rings. The van der Waals surface area contributed by atoms with Gasteiger partial charge in [-0.3, -0.25) is 4.79 Å². The van der Waals surface area contributed by atoms with Gasteiger partial charge in [0.15, 0.2) is 0 Å². The van der Waals surface area contributed by atoms with Crippen molar-refractivity contribution >= 4 is 29.0 Å². The van der Waals surface area contributed by atoms with Gasteiger partial charge in [-0.2, -0.15) is 8.78 Å². The molecule has 1 amide bonds. The maximum Gasteiger partial charge on any atom is 0.288 e. The second-order valence-corrected chi connectivity index (χ2v) is 6.76. The van der Waals surface area contributed by atoms with E-state index in [9.17, 15) is 18.7 Å². The molecule has 0 spiro atoms. The van der Waals surface area contributed by atoms with Gasteiger partial charge in [-0.05, 0) is 30.2 Å². The van der Waals surface area contributed by atoms with E-state index >= 15 is 0 Å². The highest BCUT2D eigenvalue weighted by Gasteiger charge is 2.24. The third kappa shape index (κ3) is 4.17. The Labute approximate surface area is 124 Å². The summed E-state index contributed by atoms with van der Waals surface area (Å²) in [4.78, 5) is 12.5. The first kappa shape index (κ1) is 15.7. The minimum Gasteiger partial charge on any atom is -0.391 e. The number of alkyl halides is 2. The van der Waals surface area contributed by atoms with Gasteiger partial charge in [0.1, 0.15) is 4.88 Å². The summed E-state index contributed by atoms with van der Waals surface area (Å²) in [5.74, 6) is -2.69. The molecule has 2 N–H and O–H groups in total. The van der Waals surface area contributed by atoms with Crippen molar-refractivity contribution in [3.8, 4) is 0 Å². The highest BCUT2D eigenvalue weighted by Crippen LogP contribution is 2.32. The largest absolute Gasteiger partial charge is 0.391 e. The number of amides is 1. The van der Waals surface area contributed by atoms with Gasteiger partial charge in [0.25, 0.3) is 11.7 Å². The van der Waals surface area contributed by atoms with Crippen molar-refractivity contribution < 1.29 is 18.7 Å². The zero-order chi connectivity index (χ0) is 14.5. The summed E-state index contributed by atoms with van der Waals surface area (Å²) < 4.78 is 24.7. The van der Waals surface area contributed by atoms with Crippen molar-refractivity contribution in [3.05, 3.63) is 16.3 Å². The Bertz CT molecular complexity index is 447. The van der Waals surface area contributed by atoms with Crippen LogP contribution in [0.25, 0.3) is 0 Å². The summed E-state index contributed by atoms with van der Waals surface area (Å²) in [5, 5.41) is 14.2. The van der Waals surface area contributed by atoms with Crippen molar-refractivity contribution in [2.75, 3.05) is 6.54 Å². The molecule has 0 bridgehead atoms. The van der Waals surface area contributed by atoms with Crippen LogP contribution in [-0.2, 0) is 0 Å². The van der Waals surface area contributed by atoms with Crippen LogP contribution in [0.5, 0.6) is 0 Å². The molecule has 0 aromatic carbocycles. The third-order valence-corrected chi connectivity index (χ3v) is 5.28. The Morgan fingerprint density at radius 3 is 2.85 bits per heavy atom. The Hall–Kier alpha value is -0.660. The van der Waals surface area contributed by atoms with E-state index in [0.29, 0.717) is 11.8 Å². The maximum atomic E-state index is 12.4. The molecule has 0 saturated heterocycles. The van der Waals surface area contributed by atoms with E-state index in [-0.39, 0.29) is 28.1 Å². The van der Waals surface area contributed by atoms with Crippen LogP contribution in [0.1, 0.15) is 35.4 Å². The lowest BCUT2D eigenvalue weighted by molar-refractivity contribution is 0.0842. The fourth-order valence-electron chi connectivity index (χ4n) is 2.44. The minimum absolute atomic E-state index is 0.181. The predicted molar refractivity (Wildman–Crippen MR) is 76.5 cm³/mol. The second kappa shape index (κ2) is 7.38. The first-order chi connectivity index (χ1) is 9.58. The summed E-state index contributed by atoms with van der Waals surface area (Å²) in [6, 6.07) is 1.52. The Kier molecular flexibility index (Phi) is 5.80. The second-order valence-electron chi connectivity index (χ2n) is 4.81. The Morgan fingerprint density at radius 2 is 2.20 bits per heavy atom. The highest BCUT2D eigenvalue weighted by molar-refractivity contribution is 7.99. The smallest absolute Gasteiger partial charge is 0.288 e. The van der Waals surface area contributed by atoms with E-state index in [0.717, 1.165) is 37.0 Å². The van der Waals surface area contributed by atoms with E-state index in [2.05, 4.69) is 5.32 Å². The molecule has 1 aromatic heterocycles. The van der Waals surface area contributed by atoms with E-state index < -0.39 is 11.9 Å². The van der Waals surface area contributed by atoms with Gasteiger partial charge < -0.3 is 10.4 Å². The van der Waals surface area contributed by atoms with Crippen LogP contribution in [0.4, 0.5) is 8.78 Å². The number of thiophene rings is 1. The molecule has 1 unspecified atom stereocenters. The zero-order valence-electron chi connectivity index (χ0n) is 10.9. The lowest BCUT2D eigenvalue weighted by Crippen LogP contribution is -2.35. The average Bonchev–Trinajstić information content (AvgIpc) is 3.05. The van der Waals surface area contributed by atoms with Crippen molar-refractivity contribution in [2.45, 2.75) is 42.4 Å². The number of nitrogens with one attached hydrogen (secondary N) is 1. The summed E-state index contributed by atoms with van der Waals surface area (Å²) in [6.45, 7) is 0.181. The Balaban J connectivity index is 1.86. The van der Waals surface area contributed by atoms with Crippen LogP contribution in [0.3, 0.4) is 0 Å². The number of carbonyl (C=O) groups excluding carboxylic acids is 1. The van der Waals surface area contributed by atoms with E-state index in [1.165, 1.54) is 6.07 Å². The van der Waals surface area contributed by atoms with Gasteiger partial charge >= 0.3 is 0 Å². The first-order valence-electron chi connectivity index (χ1n) is 6.56. The average molecular weight is 321 g/mol. The number of aliphatic hydroxyl groups is 1. The molecule has 1 fully saturated rings. The summed E-state index contributed by atoms with van der Waals surface area (Å²) >= 11 is 1.51. The monoisotopic (exact) mass is 321 g/mol. The quantitative estimate of drug-likeness (QED) is 0.790. The van der Waals surface area contributed by atoms with Gasteiger partial charge in [0.05, 0.1) is 6.10 Å². The molecular formula is C13H17F2NO2S2. The van der Waals surface area contributed by atoms with Crippen LogP contribution < -0.4 is 5.32 Å². The normalized spacial score (nSPS) is 17.6. The fraction of sp³-hybridized carbons (Fsp3) is 0.615. The highest BCUT2D eigenvalue weighted by atomic mass is 32.2. The molecule has 2 rings (SSSR count).